The first-order chi connectivity index (χ1) is 13.0. The van der Waals surface area contributed by atoms with Gasteiger partial charge in [0.15, 0.2) is 4.80 Å². The Morgan fingerprint density at radius 1 is 1.30 bits per heavy atom. The van der Waals surface area contributed by atoms with E-state index in [1.807, 2.05) is 40.4 Å². The summed E-state index contributed by atoms with van der Waals surface area (Å²) in [6.07, 6.45) is 2.42. The van der Waals surface area contributed by atoms with Crippen molar-refractivity contribution in [3.63, 3.8) is 0 Å². The average Bonchev–Trinajstić information content (AvgIpc) is 3.15. The van der Waals surface area contributed by atoms with E-state index in [-0.39, 0.29) is 37.4 Å². The van der Waals surface area contributed by atoms with Crippen LogP contribution in [0.2, 0.25) is 5.02 Å². The second-order valence-electron chi connectivity index (χ2n) is 6.20. The van der Waals surface area contributed by atoms with Crippen LogP contribution in [0.25, 0.3) is 0 Å². The van der Waals surface area contributed by atoms with Gasteiger partial charge < -0.3 is 9.47 Å². The topological polar surface area (TPSA) is 75.0 Å². The van der Waals surface area contributed by atoms with Crippen LogP contribution < -0.4 is 4.80 Å². The number of urea groups is 1. The Hall–Kier alpha value is -2.45. The van der Waals surface area contributed by atoms with Crippen LogP contribution in [0.15, 0.2) is 40.8 Å². The Kier molecular flexibility index (Phi) is 6.08. The second kappa shape index (κ2) is 8.49. The molecule has 142 valence electrons. The van der Waals surface area contributed by atoms with E-state index in [0.717, 1.165) is 5.56 Å². The molecule has 0 saturated carbocycles. The number of nitrogens with zero attached hydrogens (tertiary/aromatic N) is 4. The monoisotopic (exact) mass is 406 g/mol. The minimum Gasteiger partial charge on any atom is -0.319 e. The first-order valence-corrected chi connectivity index (χ1v) is 9.72. The molecule has 1 aromatic carbocycles. The summed E-state index contributed by atoms with van der Waals surface area (Å²) >= 11 is 7.56. The third-order valence-corrected chi connectivity index (χ3v) is 5.35. The lowest BCUT2D eigenvalue weighted by atomic mass is 10.2. The third kappa shape index (κ3) is 4.64. The highest BCUT2D eigenvalue weighted by Crippen LogP contribution is 2.15. The minimum absolute atomic E-state index is 0.0917. The van der Waals surface area contributed by atoms with Gasteiger partial charge in [0.1, 0.15) is 6.54 Å². The molecule has 0 bridgehead atoms. The Bertz CT molecular complexity index is 936. The first kappa shape index (κ1) is 19.3. The van der Waals surface area contributed by atoms with Gasteiger partial charge in [0.05, 0.1) is 6.54 Å². The molecule has 0 spiro atoms. The van der Waals surface area contributed by atoms with Gasteiger partial charge in [-0.05, 0) is 18.1 Å². The van der Waals surface area contributed by atoms with Crippen LogP contribution in [0.5, 0.6) is 0 Å². The molecular formula is C18H19ClN4O3S. The highest BCUT2D eigenvalue weighted by Gasteiger charge is 2.32. The maximum absolute atomic E-state index is 12.2. The number of thiazole rings is 1. The molecule has 1 aromatic heterocycles. The van der Waals surface area contributed by atoms with Crippen LogP contribution in [0, 0.1) is 0 Å². The second-order valence-corrected chi connectivity index (χ2v) is 7.48. The summed E-state index contributed by atoms with van der Waals surface area (Å²) < 4.78 is 1.87. The van der Waals surface area contributed by atoms with E-state index in [2.05, 4.69) is 4.99 Å². The van der Waals surface area contributed by atoms with Crippen molar-refractivity contribution >= 4 is 40.8 Å². The van der Waals surface area contributed by atoms with Gasteiger partial charge in [-0.15, -0.1) is 11.3 Å². The summed E-state index contributed by atoms with van der Waals surface area (Å²) in [6, 6.07) is 7.21. The zero-order valence-corrected chi connectivity index (χ0v) is 16.4. The van der Waals surface area contributed by atoms with E-state index in [0.29, 0.717) is 22.8 Å². The standard InChI is InChI=1S/C18H19ClN4O3S/c1-21-12-16(25)23(18(21)26)8-4-7-15(24)20-17-22(9-10-27-17)11-13-5-2-3-6-14(13)19/h2-3,5-6,9-10H,4,7-8,11-12H2,1H3. The molecule has 7 nitrogen and oxygen atoms in total. The van der Waals surface area contributed by atoms with Gasteiger partial charge in [0, 0.05) is 36.6 Å². The SMILES string of the molecule is CN1CC(=O)N(CCCC(=O)N=c2sccn2Cc2ccccc2Cl)C1=O. The highest BCUT2D eigenvalue weighted by atomic mass is 35.5. The molecule has 2 heterocycles. The number of amides is 4. The number of hydrogen-bond acceptors (Lipinski definition) is 4. The maximum Gasteiger partial charge on any atom is 0.326 e. The number of benzene rings is 1. The van der Waals surface area contributed by atoms with E-state index in [4.69, 9.17) is 11.6 Å². The summed E-state index contributed by atoms with van der Waals surface area (Å²) in [6.45, 7) is 0.847. The molecule has 9 heteroatoms. The number of aromatic nitrogens is 1. The van der Waals surface area contributed by atoms with Crippen molar-refractivity contribution in [3.05, 3.63) is 51.2 Å². The van der Waals surface area contributed by atoms with Crippen LogP contribution in [0.3, 0.4) is 0 Å². The van der Waals surface area contributed by atoms with Gasteiger partial charge in [0.2, 0.25) is 11.8 Å². The number of carbonyl (C=O) groups excluding carboxylic acids is 3. The lowest BCUT2D eigenvalue weighted by Crippen LogP contribution is -2.32. The lowest BCUT2D eigenvalue weighted by Gasteiger charge is -2.12. The van der Waals surface area contributed by atoms with E-state index < -0.39 is 0 Å². The fourth-order valence-electron chi connectivity index (χ4n) is 2.76. The first-order valence-electron chi connectivity index (χ1n) is 8.46. The zero-order valence-electron chi connectivity index (χ0n) is 14.8. The van der Waals surface area contributed by atoms with E-state index in [9.17, 15) is 14.4 Å². The molecule has 0 aliphatic carbocycles. The number of rotatable bonds is 6. The van der Waals surface area contributed by atoms with Crippen molar-refractivity contribution in [3.8, 4) is 0 Å². The van der Waals surface area contributed by atoms with Crippen molar-refractivity contribution in [1.29, 1.82) is 0 Å². The van der Waals surface area contributed by atoms with Crippen molar-refractivity contribution in [1.82, 2.24) is 14.4 Å². The third-order valence-electron chi connectivity index (χ3n) is 4.18. The molecular weight excluding hydrogens is 388 g/mol. The van der Waals surface area contributed by atoms with Crippen molar-refractivity contribution in [2.24, 2.45) is 4.99 Å². The highest BCUT2D eigenvalue weighted by molar-refractivity contribution is 7.07. The summed E-state index contributed by atoms with van der Waals surface area (Å²) in [5, 5.41) is 2.53. The Morgan fingerprint density at radius 2 is 2.07 bits per heavy atom. The van der Waals surface area contributed by atoms with E-state index in [1.54, 1.807) is 7.05 Å². The summed E-state index contributed by atoms with van der Waals surface area (Å²) in [5.74, 6) is -0.513. The Labute approximate surface area is 165 Å². The van der Waals surface area contributed by atoms with Crippen LogP contribution in [0.4, 0.5) is 4.79 Å². The minimum atomic E-state index is -0.319. The molecule has 0 N–H and O–H groups in total. The van der Waals surface area contributed by atoms with Gasteiger partial charge in [-0.1, -0.05) is 29.8 Å². The lowest BCUT2D eigenvalue weighted by molar-refractivity contribution is -0.126. The van der Waals surface area contributed by atoms with Crippen LogP contribution in [0.1, 0.15) is 18.4 Å². The van der Waals surface area contributed by atoms with Gasteiger partial charge in [-0.2, -0.15) is 4.99 Å². The number of carbonyl (C=O) groups is 3. The average molecular weight is 407 g/mol. The van der Waals surface area contributed by atoms with Crippen LogP contribution in [-0.2, 0) is 16.1 Å². The number of halogens is 1. The van der Waals surface area contributed by atoms with E-state index >= 15 is 0 Å². The Balaban J connectivity index is 1.60. The van der Waals surface area contributed by atoms with Crippen molar-refractivity contribution in [2.75, 3.05) is 20.1 Å². The molecule has 0 radical (unpaired) electrons. The normalized spacial score (nSPS) is 15.1. The molecule has 1 aliphatic heterocycles. The molecule has 27 heavy (non-hydrogen) atoms. The van der Waals surface area contributed by atoms with Gasteiger partial charge in [-0.3, -0.25) is 14.5 Å². The molecule has 0 atom stereocenters. The molecule has 1 fully saturated rings. The van der Waals surface area contributed by atoms with Crippen molar-refractivity contribution in [2.45, 2.75) is 19.4 Å². The largest absolute Gasteiger partial charge is 0.326 e. The van der Waals surface area contributed by atoms with Gasteiger partial charge in [0.25, 0.3) is 0 Å². The van der Waals surface area contributed by atoms with Crippen LogP contribution >= 0.6 is 22.9 Å². The molecule has 0 unspecified atom stereocenters. The molecule has 1 saturated heterocycles. The zero-order chi connectivity index (χ0) is 19.4. The number of imide groups is 1. The quantitative estimate of drug-likeness (QED) is 0.691. The fourth-order valence-corrected chi connectivity index (χ4v) is 3.70. The molecule has 2 aromatic rings. The smallest absolute Gasteiger partial charge is 0.319 e. The number of likely N-dealkylation sites (N-methyl/N-ethyl adjacent to an activating group) is 1. The van der Waals surface area contributed by atoms with E-state index in [1.165, 1.54) is 21.1 Å². The van der Waals surface area contributed by atoms with Gasteiger partial charge >= 0.3 is 6.03 Å². The van der Waals surface area contributed by atoms with Gasteiger partial charge in [-0.25, -0.2) is 4.79 Å². The molecule has 1 aliphatic rings. The summed E-state index contributed by atoms with van der Waals surface area (Å²) in [7, 11) is 1.58. The fraction of sp³-hybridized carbons (Fsp3) is 0.333. The molecule has 3 rings (SSSR count). The Morgan fingerprint density at radius 3 is 2.78 bits per heavy atom. The van der Waals surface area contributed by atoms with Crippen molar-refractivity contribution < 1.29 is 14.4 Å². The maximum atomic E-state index is 12.2. The van der Waals surface area contributed by atoms with Crippen LogP contribution in [-0.4, -0.2) is 52.3 Å². The predicted molar refractivity (Wildman–Crippen MR) is 102 cm³/mol. The summed E-state index contributed by atoms with van der Waals surface area (Å²) in [5.41, 5.74) is 0.946. The predicted octanol–water partition coefficient (Wildman–Crippen LogP) is 2.35. The number of hydrogen-bond donors (Lipinski definition) is 0. The summed E-state index contributed by atoms with van der Waals surface area (Å²) in [4.78, 5) is 43.0. The molecule has 4 amide bonds.